The molecule has 0 unspecified atom stereocenters. The van der Waals surface area contributed by atoms with E-state index in [1.54, 1.807) is 6.07 Å². The zero-order chi connectivity index (χ0) is 15.0. The number of rotatable bonds is 3. The van der Waals surface area contributed by atoms with Gasteiger partial charge in [-0.3, -0.25) is 4.98 Å². The predicted octanol–water partition coefficient (Wildman–Crippen LogP) is 5.09. The number of aromatic nitrogens is 1. The van der Waals surface area contributed by atoms with Gasteiger partial charge >= 0.3 is 0 Å². The molecule has 1 aliphatic rings. The summed E-state index contributed by atoms with van der Waals surface area (Å²) >= 11 is 18.9. The van der Waals surface area contributed by atoms with Gasteiger partial charge in [0.2, 0.25) is 0 Å². The summed E-state index contributed by atoms with van der Waals surface area (Å²) in [5, 5.41) is 5.66. The number of fused-ring (bicyclic) bond motifs is 2. The number of benzene rings is 1. The second-order valence-corrected chi connectivity index (χ2v) is 6.21. The third-order valence-corrected chi connectivity index (χ3v) is 4.65. The van der Waals surface area contributed by atoms with Crippen molar-refractivity contribution in [3.05, 3.63) is 32.4 Å². The lowest BCUT2D eigenvalue weighted by Crippen LogP contribution is -2.16. The van der Waals surface area contributed by atoms with Gasteiger partial charge in [0.25, 0.3) is 0 Å². The molecule has 3 rings (SSSR count). The van der Waals surface area contributed by atoms with E-state index in [0.29, 0.717) is 33.8 Å². The first-order valence-electron chi connectivity index (χ1n) is 6.94. The topological polar surface area (TPSA) is 34.2 Å². The quantitative estimate of drug-likeness (QED) is 0.787. The highest BCUT2D eigenvalue weighted by Gasteiger charge is 2.22. The van der Waals surface area contributed by atoms with Gasteiger partial charge in [0.05, 0.1) is 45.2 Å². The third-order valence-electron chi connectivity index (χ3n) is 3.57. The normalized spacial score (nSPS) is 14.3. The van der Waals surface area contributed by atoms with E-state index in [0.717, 1.165) is 41.7 Å². The van der Waals surface area contributed by atoms with Crippen LogP contribution in [0.1, 0.15) is 24.6 Å². The molecule has 0 amide bonds. The SMILES string of the molecule is CCCNc1c2c(nc3c(Cl)cc(Cl)c(Cl)c13)CCOC2. The van der Waals surface area contributed by atoms with Gasteiger partial charge in [-0.2, -0.15) is 0 Å². The van der Waals surface area contributed by atoms with Crippen LogP contribution in [-0.2, 0) is 17.8 Å². The Kier molecular flexibility index (Phi) is 4.46. The molecule has 112 valence electrons. The zero-order valence-corrected chi connectivity index (χ0v) is 13.9. The molecule has 2 heterocycles. The standard InChI is InChI=1S/C15H15Cl3N2O/c1-2-4-19-14-8-7-21-5-3-11(8)20-15-10(17)6-9(16)13(18)12(14)15/h6H,2-5,7H2,1H3,(H,19,20). The van der Waals surface area contributed by atoms with E-state index in [9.17, 15) is 0 Å². The van der Waals surface area contributed by atoms with Gasteiger partial charge in [0, 0.05) is 23.9 Å². The minimum Gasteiger partial charge on any atom is -0.384 e. The molecule has 0 saturated carbocycles. The minimum atomic E-state index is 0.437. The lowest BCUT2D eigenvalue weighted by atomic mass is 10.0. The fourth-order valence-corrected chi connectivity index (χ4v) is 3.32. The van der Waals surface area contributed by atoms with Crippen molar-refractivity contribution in [2.45, 2.75) is 26.4 Å². The Balaban J connectivity index is 2.35. The van der Waals surface area contributed by atoms with E-state index >= 15 is 0 Å². The van der Waals surface area contributed by atoms with Crippen LogP contribution >= 0.6 is 34.8 Å². The second-order valence-electron chi connectivity index (χ2n) is 5.02. The van der Waals surface area contributed by atoms with Crippen molar-refractivity contribution in [3.8, 4) is 0 Å². The number of nitrogens with one attached hydrogen (secondary N) is 1. The van der Waals surface area contributed by atoms with Crippen LogP contribution in [0.5, 0.6) is 0 Å². The molecule has 21 heavy (non-hydrogen) atoms. The van der Waals surface area contributed by atoms with Gasteiger partial charge in [0.1, 0.15) is 0 Å². The minimum absolute atomic E-state index is 0.437. The van der Waals surface area contributed by atoms with Crippen LogP contribution in [0.3, 0.4) is 0 Å². The largest absolute Gasteiger partial charge is 0.384 e. The molecule has 0 radical (unpaired) electrons. The van der Waals surface area contributed by atoms with Crippen LogP contribution in [0.2, 0.25) is 15.1 Å². The number of nitrogens with zero attached hydrogens (tertiary/aromatic N) is 1. The summed E-state index contributed by atoms with van der Waals surface area (Å²) in [4.78, 5) is 4.69. The van der Waals surface area contributed by atoms with Gasteiger partial charge in [-0.1, -0.05) is 41.7 Å². The molecule has 6 heteroatoms. The number of hydrogen-bond donors (Lipinski definition) is 1. The Labute approximate surface area is 138 Å². The van der Waals surface area contributed by atoms with Gasteiger partial charge in [-0.25, -0.2) is 0 Å². The van der Waals surface area contributed by atoms with Crippen molar-refractivity contribution in [1.82, 2.24) is 4.98 Å². The van der Waals surface area contributed by atoms with Crippen molar-refractivity contribution in [3.63, 3.8) is 0 Å². The summed E-state index contributed by atoms with van der Waals surface area (Å²) in [5.74, 6) is 0. The number of halogens is 3. The summed E-state index contributed by atoms with van der Waals surface area (Å²) in [6.07, 6.45) is 1.79. The lowest BCUT2D eigenvalue weighted by Gasteiger charge is -2.23. The average molecular weight is 346 g/mol. The average Bonchev–Trinajstić information content (AvgIpc) is 2.49. The monoisotopic (exact) mass is 344 g/mol. The maximum atomic E-state index is 6.41. The van der Waals surface area contributed by atoms with E-state index in [1.807, 2.05) is 0 Å². The van der Waals surface area contributed by atoms with Crippen LogP contribution in [-0.4, -0.2) is 18.1 Å². The van der Waals surface area contributed by atoms with Crippen molar-refractivity contribution in [2.75, 3.05) is 18.5 Å². The highest BCUT2D eigenvalue weighted by Crippen LogP contribution is 2.42. The van der Waals surface area contributed by atoms with Gasteiger partial charge in [0.15, 0.2) is 0 Å². The smallest absolute Gasteiger partial charge is 0.0928 e. The summed E-state index contributed by atoms with van der Waals surface area (Å²) < 4.78 is 5.58. The Bertz CT molecular complexity index is 703. The van der Waals surface area contributed by atoms with Crippen molar-refractivity contribution < 1.29 is 4.74 Å². The molecule has 0 spiro atoms. The van der Waals surface area contributed by atoms with Gasteiger partial charge < -0.3 is 10.1 Å². The highest BCUT2D eigenvalue weighted by atomic mass is 35.5. The van der Waals surface area contributed by atoms with E-state index in [4.69, 9.17) is 44.5 Å². The van der Waals surface area contributed by atoms with Gasteiger partial charge in [-0.05, 0) is 12.5 Å². The van der Waals surface area contributed by atoms with Gasteiger partial charge in [-0.15, -0.1) is 0 Å². The molecule has 0 atom stereocenters. The van der Waals surface area contributed by atoms with Crippen LogP contribution in [0.4, 0.5) is 5.69 Å². The Hall–Kier alpha value is -0.740. The second kappa shape index (κ2) is 6.17. The number of ether oxygens (including phenoxy) is 1. The fourth-order valence-electron chi connectivity index (χ4n) is 2.57. The predicted molar refractivity (Wildman–Crippen MR) is 88.9 cm³/mol. The molecule has 2 aromatic rings. The maximum Gasteiger partial charge on any atom is 0.0928 e. The van der Waals surface area contributed by atoms with E-state index in [1.165, 1.54) is 0 Å². The van der Waals surface area contributed by atoms with Crippen LogP contribution in [0.25, 0.3) is 10.9 Å². The first kappa shape index (κ1) is 15.2. The first-order chi connectivity index (χ1) is 10.1. The van der Waals surface area contributed by atoms with E-state index in [-0.39, 0.29) is 0 Å². The Morgan fingerprint density at radius 3 is 2.86 bits per heavy atom. The first-order valence-corrected chi connectivity index (χ1v) is 8.07. The Morgan fingerprint density at radius 2 is 2.10 bits per heavy atom. The number of hydrogen-bond acceptors (Lipinski definition) is 3. The third kappa shape index (κ3) is 2.68. The number of anilines is 1. The molecular weight excluding hydrogens is 331 g/mol. The maximum absolute atomic E-state index is 6.41. The van der Waals surface area contributed by atoms with Crippen molar-refractivity contribution in [1.29, 1.82) is 0 Å². The summed E-state index contributed by atoms with van der Waals surface area (Å²) in [6, 6.07) is 1.65. The molecule has 1 aliphatic heterocycles. The molecule has 1 aromatic heterocycles. The van der Waals surface area contributed by atoms with E-state index in [2.05, 4.69) is 12.2 Å². The van der Waals surface area contributed by atoms with Crippen LogP contribution < -0.4 is 5.32 Å². The fraction of sp³-hybridized carbons (Fsp3) is 0.400. The molecule has 0 aliphatic carbocycles. The lowest BCUT2D eigenvalue weighted by molar-refractivity contribution is 0.110. The molecule has 1 aromatic carbocycles. The Morgan fingerprint density at radius 1 is 1.29 bits per heavy atom. The molecular formula is C15H15Cl3N2O. The molecule has 0 bridgehead atoms. The molecule has 3 nitrogen and oxygen atoms in total. The highest BCUT2D eigenvalue weighted by molar-refractivity contribution is 6.48. The van der Waals surface area contributed by atoms with Crippen molar-refractivity contribution in [2.24, 2.45) is 0 Å². The van der Waals surface area contributed by atoms with Crippen molar-refractivity contribution >= 4 is 51.4 Å². The summed E-state index contributed by atoms with van der Waals surface area (Å²) in [5.41, 5.74) is 3.73. The number of pyridine rings is 1. The summed E-state index contributed by atoms with van der Waals surface area (Å²) in [7, 11) is 0. The molecule has 0 saturated heterocycles. The zero-order valence-electron chi connectivity index (χ0n) is 11.6. The van der Waals surface area contributed by atoms with Crippen LogP contribution in [0.15, 0.2) is 6.07 Å². The molecule has 1 N–H and O–H groups in total. The summed E-state index contributed by atoms with van der Waals surface area (Å²) in [6.45, 7) is 4.16. The van der Waals surface area contributed by atoms with Crippen LogP contribution in [0, 0.1) is 0 Å². The molecule has 0 fully saturated rings. The van der Waals surface area contributed by atoms with E-state index < -0.39 is 0 Å².